The van der Waals surface area contributed by atoms with E-state index in [4.69, 9.17) is 5.26 Å². The molecule has 2 rings (SSSR count). The van der Waals surface area contributed by atoms with E-state index in [-0.39, 0.29) is 24.2 Å². The van der Waals surface area contributed by atoms with Crippen molar-refractivity contribution in [1.29, 1.82) is 5.26 Å². The average molecular weight is 271 g/mol. The molecule has 0 saturated carbocycles. The molecule has 1 heterocycles. The number of hydrogen-bond acceptors (Lipinski definition) is 3. The molecule has 1 aliphatic heterocycles. The summed E-state index contributed by atoms with van der Waals surface area (Å²) in [7, 11) is 0. The van der Waals surface area contributed by atoms with Crippen LogP contribution in [0.1, 0.15) is 18.9 Å². The second-order valence-electron chi connectivity index (χ2n) is 5.10. The van der Waals surface area contributed by atoms with Crippen molar-refractivity contribution in [2.24, 2.45) is 5.92 Å². The molecule has 0 aliphatic carbocycles. The normalized spacial score (nSPS) is 19.6. The van der Waals surface area contributed by atoms with E-state index in [0.29, 0.717) is 6.54 Å². The van der Waals surface area contributed by atoms with Crippen LogP contribution in [0, 0.1) is 24.2 Å². The van der Waals surface area contributed by atoms with Gasteiger partial charge in [-0.05, 0) is 26.0 Å². The summed E-state index contributed by atoms with van der Waals surface area (Å²) in [6.07, 6.45) is 0.192. The van der Waals surface area contributed by atoms with E-state index < -0.39 is 6.04 Å². The first-order valence-corrected chi connectivity index (χ1v) is 6.58. The van der Waals surface area contributed by atoms with Crippen LogP contribution in [0.15, 0.2) is 24.3 Å². The van der Waals surface area contributed by atoms with Crippen LogP contribution in [-0.4, -0.2) is 24.4 Å². The first kappa shape index (κ1) is 14.1. The average Bonchev–Trinajstić information content (AvgIpc) is 2.81. The lowest BCUT2D eigenvalue weighted by Gasteiger charge is -2.17. The van der Waals surface area contributed by atoms with Gasteiger partial charge in [0.05, 0.1) is 12.0 Å². The lowest BCUT2D eigenvalue weighted by molar-refractivity contribution is -0.126. The number of nitriles is 1. The molecule has 104 valence electrons. The number of nitrogens with zero attached hydrogens (tertiary/aromatic N) is 2. The highest BCUT2D eigenvalue weighted by Crippen LogP contribution is 2.25. The maximum Gasteiger partial charge on any atom is 0.227 e. The largest absolute Gasteiger partial charge is 0.340 e. The molecule has 1 fully saturated rings. The Kier molecular flexibility index (Phi) is 4.04. The highest BCUT2D eigenvalue weighted by atomic mass is 16.2. The fraction of sp³-hybridized carbons (Fsp3) is 0.400. The molecule has 1 aromatic carbocycles. The van der Waals surface area contributed by atoms with Gasteiger partial charge in [-0.2, -0.15) is 5.26 Å². The molecule has 2 amide bonds. The van der Waals surface area contributed by atoms with Gasteiger partial charge >= 0.3 is 0 Å². The van der Waals surface area contributed by atoms with Crippen molar-refractivity contribution in [3.8, 4) is 6.07 Å². The first-order valence-electron chi connectivity index (χ1n) is 6.58. The van der Waals surface area contributed by atoms with Crippen molar-refractivity contribution in [3.05, 3.63) is 29.8 Å². The Balaban J connectivity index is 2.06. The third-order valence-electron chi connectivity index (χ3n) is 3.39. The van der Waals surface area contributed by atoms with E-state index in [1.807, 2.05) is 37.3 Å². The van der Waals surface area contributed by atoms with Gasteiger partial charge in [-0.3, -0.25) is 9.59 Å². The van der Waals surface area contributed by atoms with Gasteiger partial charge in [-0.15, -0.1) is 0 Å². The standard InChI is InChI=1S/C15H17N3O2/c1-10-3-5-13(6-4-10)18-9-12(7-14(18)19)15(20)17-11(2)8-16/h3-6,11-12H,7,9H2,1-2H3,(H,17,20). The van der Waals surface area contributed by atoms with E-state index in [2.05, 4.69) is 5.32 Å². The number of carbonyl (C=O) groups excluding carboxylic acids is 2. The van der Waals surface area contributed by atoms with Crippen molar-refractivity contribution < 1.29 is 9.59 Å². The molecule has 1 N–H and O–H groups in total. The molecule has 0 spiro atoms. The minimum atomic E-state index is -0.536. The monoisotopic (exact) mass is 271 g/mol. The predicted octanol–water partition coefficient (Wildman–Crippen LogP) is 1.38. The van der Waals surface area contributed by atoms with Crippen LogP contribution in [-0.2, 0) is 9.59 Å². The van der Waals surface area contributed by atoms with Gasteiger partial charge in [0.15, 0.2) is 0 Å². The van der Waals surface area contributed by atoms with Crippen LogP contribution >= 0.6 is 0 Å². The lowest BCUT2D eigenvalue weighted by Crippen LogP contribution is -2.37. The second-order valence-corrected chi connectivity index (χ2v) is 5.10. The molecule has 1 aliphatic rings. The van der Waals surface area contributed by atoms with E-state index >= 15 is 0 Å². The van der Waals surface area contributed by atoms with E-state index in [9.17, 15) is 9.59 Å². The highest BCUT2D eigenvalue weighted by molar-refractivity contribution is 6.00. The number of anilines is 1. The summed E-state index contributed by atoms with van der Waals surface area (Å²) in [5.41, 5.74) is 1.93. The molecule has 1 saturated heterocycles. The lowest BCUT2D eigenvalue weighted by atomic mass is 10.1. The Morgan fingerprint density at radius 1 is 1.45 bits per heavy atom. The summed E-state index contributed by atoms with van der Waals surface area (Å²) in [6, 6.07) is 9.05. The molecule has 1 aromatic rings. The number of amides is 2. The van der Waals surface area contributed by atoms with Crippen molar-refractivity contribution in [1.82, 2.24) is 5.32 Å². The molecule has 2 unspecified atom stereocenters. The van der Waals surface area contributed by atoms with E-state index in [1.165, 1.54) is 0 Å². The fourth-order valence-electron chi connectivity index (χ4n) is 2.22. The van der Waals surface area contributed by atoms with Crippen LogP contribution < -0.4 is 10.2 Å². The van der Waals surface area contributed by atoms with Crippen molar-refractivity contribution in [2.75, 3.05) is 11.4 Å². The number of rotatable bonds is 3. The summed E-state index contributed by atoms with van der Waals surface area (Å²) in [5, 5.41) is 11.3. The van der Waals surface area contributed by atoms with Crippen molar-refractivity contribution in [3.63, 3.8) is 0 Å². The predicted molar refractivity (Wildman–Crippen MR) is 74.9 cm³/mol. The minimum Gasteiger partial charge on any atom is -0.340 e. The quantitative estimate of drug-likeness (QED) is 0.902. The molecule has 20 heavy (non-hydrogen) atoms. The Morgan fingerprint density at radius 3 is 2.70 bits per heavy atom. The molecule has 5 nitrogen and oxygen atoms in total. The maximum absolute atomic E-state index is 12.0. The topological polar surface area (TPSA) is 73.2 Å². The highest BCUT2D eigenvalue weighted by Gasteiger charge is 2.35. The van der Waals surface area contributed by atoms with Crippen LogP contribution in [0.3, 0.4) is 0 Å². The molecule has 0 aromatic heterocycles. The van der Waals surface area contributed by atoms with Crippen LogP contribution in [0.4, 0.5) is 5.69 Å². The van der Waals surface area contributed by atoms with Gasteiger partial charge in [-0.25, -0.2) is 0 Å². The van der Waals surface area contributed by atoms with Gasteiger partial charge < -0.3 is 10.2 Å². The molecular formula is C15H17N3O2. The third-order valence-corrected chi connectivity index (χ3v) is 3.39. The molecule has 0 radical (unpaired) electrons. The Labute approximate surface area is 118 Å². The molecule has 2 atom stereocenters. The Hall–Kier alpha value is -2.35. The summed E-state index contributed by atoms with van der Waals surface area (Å²) in [4.78, 5) is 25.6. The van der Waals surface area contributed by atoms with Crippen molar-refractivity contribution >= 4 is 17.5 Å². The van der Waals surface area contributed by atoms with Gasteiger partial charge in [0.2, 0.25) is 11.8 Å². The number of aryl methyl sites for hydroxylation is 1. The SMILES string of the molecule is Cc1ccc(N2CC(C(=O)NC(C)C#N)CC2=O)cc1. The zero-order chi connectivity index (χ0) is 14.7. The van der Waals surface area contributed by atoms with Gasteiger partial charge in [-0.1, -0.05) is 17.7 Å². The van der Waals surface area contributed by atoms with Crippen molar-refractivity contribution in [2.45, 2.75) is 26.3 Å². The molecular weight excluding hydrogens is 254 g/mol. The maximum atomic E-state index is 12.0. The number of carbonyl (C=O) groups is 2. The number of nitrogens with one attached hydrogen (secondary N) is 1. The minimum absolute atomic E-state index is 0.0568. The van der Waals surface area contributed by atoms with E-state index in [0.717, 1.165) is 11.3 Å². The number of hydrogen-bond donors (Lipinski definition) is 1. The summed E-state index contributed by atoms with van der Waals surface area (Å²) >= 11 is 0. The van der Waals surface area contributed by atoms with Gasteiger partial charge in [0.1, 0.15) is 6.04 Å². The van der Waals surface area contributed by atoms with E-state index in [1.54, 1.807) is 11.8 Å². The molecule has 5 heteroatoms. The zero-order valence-corrected chi connectivity index (χ0v) is 11.6. The zero-order valence-electron chi connectivity index (χ0n) is 11.6. The Bertz CT molecular complexity index is 559. The number of benzene rings is 1. The third kappa shape index (κ3) is 2.97. The van der Waals surface area contributed by atoms with Crippen LogP contribution in [0.2, 0.25) is 0 Å². The van der Waals surface area contributed by atoms with Crippen LogP contribution in [0.25, 0.3) is 0 Å². The fourth-order valence-corrected chi connectivity index (χ4v) is 2.22. The summed E-state index contributed by atoms with van der Waals surface area (Å²) in [5.74, 6) is -0.680. The Morgan fingerprint density at radius 2 is 2.10 bits per heavy atom. The first-order chi connectivity index (χ1) is 9.51. The smallest absolute Gasteiger partial charge is 0.227 e. The van der Waals surface area contributed by atoms with Gasteiger partial charge in [0, 0.05) is 18.7 Å². The molecule has 0 bridgehead atoms. The summed E-state index contributed by atoms with van der Waals surface area (Å²) in [6.45, 7) is 3.97. The van der Waals surface area contributed by atoms with Gasteiger partial charge in [0.25, 0.3) is 0 Å². The second kappa shape index (κ2) is 5.74. The summed E-state index contributed by atoms with van der Waals surface area (Å²) < 4.78 is 0. The van der Waals surface area contributed by atoms with Crippen LogP contribution in [0.5, 0.6) is 0 Å².